The number of aromatic nitrogens is 1. The fourth-order valence-corrected chi connectivity index (χ4v) is 3.72. The van der Waals surface area contributed by atoms with Crippen LogP contribution in [0, 0.1) is 0 Å². The number of hydrogen-bond acceptors (Lipinski definition) is 3. The van der Waals surface area contributed by atoms with Gasteiger partial charge in [-0.1, -0.05) is 78.9 Å². The van der Waals surface area contributed by atoms with Gasteiger partial charge in [-0.15, -0.1) is 0 Å². The van der Waals surface area contributed by atoms with Crippen LogP contribution in [0.1, 0.15) is 28.4 Å². The van der Waals surface area contributed by atoms with Crippen molar-refractivity contribution in [3.05, 3.63) is 107 Å². The van der Waals surface area contributed by atoms with Gasteiger partial charge in [0.05, 0.1) is 19.6 Å². The van der Waals surface area contributed by atoms with Crippen molar-refractivity contribution in [1.29, 1.82) is 0 Å². The fraction of sp³-hybridized carbons (Fsp3) is 0.160. The molecule has 4 nitrogen and oxygen atoms in total. The van der Waals surface area contributed by atoms with Gasteiger partial charge < -0.3 is 15.0 Å². The molecule has 4 rings (SSSR count). The van der Waals surface area contributed by atoms with Gasteiger partial charge in [0.1, 0.15) is 0 Å². The maximum absolute atomic E-state index is 12.2. The number of rotatable bonds is 7. The Morgan fingerprint density at radius 3 is 2.31 bits per heavy atom. The van der Waals surface area contributed by atoms with Crippen molar-refractivity contribution in [3.63, 3.8) is 0 Å². The molecule has 0 radical (unpaired) electrons. The van der Waals surface area contributed by atoms with E-state index >= 15 is 0 Å². The Bertz CT molecular complexity index is 1090. The standard InChI is InChI=1S/C25H24N2O2/c1-29-23(28)16-21-20-14-8-9-15-22(20)27-25(21)24(19-12-6-3-7-13-19)26-17-18-10-4-2-5-11-18/h2-15,24,26-27H,16-17H2,1H3. The predicted octanol–water partition coefficient (Wildman–Crippen LogP) is 4.76. The summed E-state index contributed by atoms with van der Waals surface area (Å²) in [6.45, 7) is 0.716. The second-order valence-corrected chi connectivity index (χ2v) is 7.03. The molecule has 2 N–H and O–H groups in total. The minimum Gasteiger partial charge on any atom is -0.469 e. The van der Waals surface area contributed by atoms with Crippen LogP contribution in [0.15, 0.2) is 84.9 Å². The van der Waals surface area contributed by atoms with Crippen LogP contribution in [0.4, 0.5) is 0 Å². The first kappa shape index (κ1) is 19.0. The lowest BCUT2D eigenvalue weighted by atomic mass is 9.97. The van der Waals surface area contributed by atoms with Crippen molar-refractivity contribution in [2.24, 2.45) is 0 Å². The third-order valence-corrected chi connectivity index (χ3v) is 5.17. The Kier molecular flexibility index (Phi) is 5.73. The number of carbonyl (C=O) groups is 1. The van der Waals surface area contributed by atoms with E-state index in [1.807, 2.05) is 60.7 Å². The molecule has 1 aromatic heterocycles. The molecule has 0 spiro atoms. The lowest BCUT2D eigenvalue weighted by molar-refractivity contribution is -0.139. The van der Waals surface area contributed by atoms with Gasteiger partial charge in [-0.3, -0.25) is 4.79 Å². The first-order chi connectivity index (χ1) is 14.3. The summed E-state index contributed by atoms with van der Waals surface area (Å²) in [5.41, 5.74) is 5.34. The fourth-order valence-electron chi connectivity index (χ4n) is 3.72. The molecule has 4 heteroatoms. The normalized spacial score (nSPS) is 12.0. The topological polar surface area (TPSA) is 54.1 Å². The molecule has 0 aliphatic heterocycles. The van der Waals surface area contributed by atoms with Crippen molar-refractivity contribution in [3.8, 4) is 0 Å². The van der Waals surface area contributed by atoms with Crippen LogP contribution < -0.4 is 5.32 Å². The number of benzene rings is 3. The second-order valence-electron chi connectivity index (χ2n) is 7.03. The summed E-state index contributed by atoms with van der Waals surface area (Å²) in [5.74, 6) is -0.245. The van der Waals surface area contributed by atoms with Crippen LogP contribution in [0.25, 0.3) is 10.9 Å². The zero-order valence-corrected chi connectivity index (χ0v) is 16.4. The van der Waals surface area contributed by atoms with Crippen molar-refractivity contribution in [1.82, 2.24) is 10.3 Å². The Hall–Kier alpha value is -3.37. The summed E-state index contributed by atoms with van der Waals surface area (Å²) in [6.07, 6.45) is 0.228. The summed E-state index contributed by atoms with van der Waals surface area (Å²) in [6, 6.07) is 28.6. The Morgan fingerprint density at radius 1 is 0.931 bits per heavy atom. The molecule has 1 unspecified atom stereocenters. The summed E-state index contributed by atoms with van der Waals surface area (Å²) in [4.78, 5) is 15.7. The van der Waals surface area contributed by atoms with E-state index in [1.165, 1.54) is 12.7 Å². The van der Waals surface area contributed by atoms with Gasteiger partial charge in [-0.25, -0.2) is 0 Å². The molecule has 0 amide bonds. The number of ether oxygens (including phenoxy) is 1. The number of para-hydroxylation sites is 1. The lowest BCUT2D eigenvalue weighted by Gasteiger charge is -2.20. The molecular weight excluding hydrogens is 360 g/mol. The van der Waals surface area contributed by atoms with Crippen LogP contribution in [-0.4, -0.2) is 18.1 Å². The van der Waals surface area contributed by atoms with Crippen LogP contribution in [0.5, 0.6) is 0 Å². The van der Waals surface area contributed by atoms with Crippen molar-refractivity contribution < 1.29 is 9.53 Å². The maximum atomic E-state index is 12.2. The average Bonchev–Trinajstić information content (AvgIpc) is 3.13. The molecule has 0 bridgehead atoms. The largest absolute Gasteiger partial charge is 0.469 e. The molecule has 3 aromatic carbocycles. The number of hydrogen-bond donors (Lipinski definition) is 2. The Morgan fingerprint density at radius 2 is 1.59 bits per heavy atom. The number of aromatic amines is 1. The minimum absolute atomic E-state index is 0.0801. The van der Waals surface area contributed by atoms with Gasteiger partial charge in [0.25, 0.3) is 0 Å². The average molecular weight is 384 g/mol. The van der Waals surface area contributed by atoms with E-state index < -0.39 is 0 Å². The highest BCUT2D eigenvalue weighted by Gasteiger charge is 2.23. The summed E-state index contributed by atoms with van der Waals surface area (Å²) >= 11 is 0. The second kappa shape index (κ2) is 8.76. The highest BCUT2D eigenvalue weighted by Crippen LogP contribution is 2.31. The molecule has 0 aliphatic rings. The van der Waals surface area contributed by atoms with Crippen LogP contribution in [-0.2, 0) is 22.5 Å². The van der Waals surface area contributed by atoms with E-state index in [2.05, 4.69) is 34.6 Å². The van der Waals surface area contributed by atoms with Crippen molar-refractivity contribution in [2.45, 2.75) is 19.0 Å². The van der Waals surface area contributed by atoms with E-state index in [4.69, 9.17) is 4.74 Å². The first-order valence-electron chi connectivity index (χ1n) is 9.75. The van der Waals surface area contributed by atoms with E-state index in [0.717, 1.165) is 27.7 Å². The molecule has 4 aromatic rings. The monoisotopic (exact) mass is 384 g/mol. The zero-order chi connectivity index (χ0) is 20.1. The van der Waals surface area contributed by atoms with Gasteiger partial charge in [0, 0.05) is 23.1 Å². The number of carbonyl (C=O) groups excluding carboxylic acids is 1. The highest BCUT2D eigenvalue weighted by atomic mass is 16.5. The van der Waals surface area contributed by atoms with Gasteiger partial charge >= 0.3 is 5.97 Å². The predicted molar refractivity (Wildman–Crippen MR) is 116 cm³/mol. The summed E-state index contributed by atoms with van der Waals surface area (Å²) in [7, 11) is 1.43. The van der Waals surface area contributed by atoms with Gasteiger partial charge in [0.15, 0.2) is 0 Å². The van der Waals surface area contributed by atoms with Crippen LogP contribution in [0.2, 0.25) is 0 Å². The molecule has 29 heavy (non-hydrogen) atoms. The highest BCUT2D eigenvalue weighted by molar-refractivity contribution is 5.89. The molecule has 146 valence electrons. The maximum Gasteiger partial charge on any atom is 0.310 e. The number of H-pyrrole nitrogens is 1. The van der Waals surface area contributed by atoms with Crippen molar-refractivity contribution in [2.75, 3.05) is 7.11 Å². The minimum atomic E-state index is -0.245. The third kappa shape index (κ3) is 4.23. The van der Waals surface area contributed by atoms with E-state index in [0.29, 0.717) is 6.54 Å². The smallest absolute Gasteiger partial charge is 0.310 e. The third-order valence-electron chi connectivity index (χ3n) is 5.17. The molecular formula is C25H24N2O2. The first-order valence-corrected chi connectivity index (χ1v) is 9.75. The Labute approximate surface area is 170 Å². The lowest BCUT2D eigenvalue weighted by Crippen LogP contribution is -2.24. The van der Waals surface area contributed by atoms with Gasteiger partial charge in [-0.2, -0.15) is 0 Å². The quantitative estimate of drug-likeness (QED) is 0.452. The Balaban J connectivity index is 1.78. The SMILES string of the molecule is COC(=O)Cc1c(C(NCc2ccccc2)c2ccccc2)[nH]c2ccccc12. The van der Waals surface area contributed by atoms with E-state index in [9.17, 15) is 4.79 Å². The molecule has 0 aliphatic carbocycles. The summed E-state index contributed by atoms with van der Waals surface area (Å²) in [5, 5.41) is 4.73. The summed E-state index contributed by atoms with van der Waals surface area (Å²) < 4.78 is 4.97. The molecule has 0 fully saturated rings. The molecule has 1 atom stereocenters. The van der Waals surface area contributed by atoms with Crippen LogP contribution in [0.3, 0.4) is 0 Å². The number of nitrogens with one attached hydrogen (secondary N) is 2. The number of esters is 1. The number of methoxy groups -OCH3 is 1. The van der Waals surface area contributed by atoms with Gasteiger partial charge in [-0.05, 0) is 22.8 Å². The molecule has 1 heterocycles. The van der Waals surface area contributed by atoms with Crippen molar-refractivity contribution >= 4 is 16.9 Å². The zero-order valence-electron chi connectivity index (χ0n) is 16.4. The van der Waals surface area contributed by atoms with Crippen LogP contribution >= 0.6 is 0 Å². The van der Waals surface area contributed by atoms with E-state index in [1.54, 1.807) is 0 Å². The van der Waals surface area contributed by atoms with Gasteiger partial charge in [0.2, 0.25) is 0 Å². The molecule has 0 saturated heterocycles. The van der Waals surface area contributed by atoms with E-state index in [-0.39, 0.29) is 18.4 Å². The molecule has 0 saturated carbocycles. The number of fused-ring (bicyclic) bond motifs is 1.